The van der Waals surface area contributed by atoms with E-state index < -0.39 is 4.92 Å². The van der Waals surface area contributed by atoms with Gasteiger partial charge in [0.2, 0.25) is 11.8 Å². The van der Waals surface area contributed by atoms with Crippen LogP contribution in [0.3, 0.4) is 0 Å². The second-order valence-corrected chi connectivity index (χ2v) is 6.26. The largest absolute Gasteiger partial charge is 0.411 e. The molecule has 0 unspecified atom stereocenters. The zero-order valence-corrected chi connectivity index (χ0v) is 14.5. The Morgan fingerprint density at radius 2 is 1.92 bits per heavy atom. The first-order valence-corrected chi connectivity index (χ1v) is 8.58. The van der Waals surface area contributed by atoms with Gasteiger partial charge in [0.25, 0.3) is 10.9 Å². The molecule has 0 fully saturated rings. The van der Waals surface area contributed by atoms with E-state index in [0.717, 1.165) is 23.0 Å². The molecule has 1 heterocycles. The monoisotopic (exact) mass is 370 g/mol. The third-order valence-corrected chi connectivity index (χ3v) is 4.30. The van der Waals surface area contributed by atoms with Crippen LogP contribution in [0.2, 0.25) is 0 Å². The van der Waals surface area contributed by atoms with Gasteiger partial charge < -0.3 is 9.73 Å². The first-order chi connectivity index (χ1) is 12.5. The number of thioether (sulfide) groups is 1. The molecule has 0 saturated carbocycles. The molecule has 26 heavy (non-hydrogen) atoms. The predicted octanol–water partition coefficient (Wildman–Crippen LogP) is 3.68. The molecule has 0 bridgehead atoms. The Kier molecular flexibility index (Phi) is 5.28. The zero-order chi connectivity index (χ0) is 18.5. The van der Waals surface area contributed by atoms with Gasteiger partial charge in [0, 0.05) is 23.4 Å². The number of nitro groups is 1. The summed E-state index contributed by atoms with van der Waals surface area (Å²) in [7, 11) is 0. The fraction of sp³-hybridized carbons (Fsp3) is 0.118. The standard InChI is InChI=1S/C17H14N4O4S/c1-11-4-2-3-5-14(11)18-15(22)10-26-17-20-19-16(25-17)12-6-8-13(9-7-12)21(23)24/h2-9H,10H2,1H3,(H,18,22). The molecule has 1 N–H and O–H groups in total. The summed E-state index contributed by atoms with van der Waals surface area (Å²) in [6.45, 7) is 1.91. The minimum Gasteiger partial charge on any atom is -0.411 e. The topological polar surface area (TPSA) is 111 Å². The van der Waals surface area contributed by atoms with Gasteiger partial charge in [-0.05, 0) is 30.7 Å². The van der Waals surface area contributed by atoms with Crippen molar-refractivity contribution in [2.45, 2.75) is 12.1 Å². The number of rotatable bonds is 6. The summed E-state index contributed by atoms with van der Waals surface area (Å²) in [5.74, 6) is 0.178. The van der Waals surface area contributed by atoms with Crippen LogP contribution in [0.25, 0.3) is 11.5 Å². The number of nitro benzene ring substituents is 1. The number of nitrogens with one attached hydrogen (secondary N) is 1. The van der Waals surface area contributed by atoms with E-state index in [1.165, 1.54) is 24.3 Å². The number of non-ortho nitro benzene ring substituents is 1. The summed E-state index contributed by atoms with van der Waals surface area (Å²) < 4.78 is 5.49. The van der Waals surface area contributed by atoms with E-state index in [1.807, 2.05) is 31.2 Å². The van der Waals surface area contributed by atoms with E-state index in [4.69, 9.17) is 4.42 Å². The van der Waals surface area contributed by atoms with Crippen LogP contribution in [-0.2, 0) is 4.79 Å². The predicted molar refractivity (Wildman–Crippen MR) is 96.9 cm³/mol. The second kappa shape index (κ2) is 7.79. The van der Waals surface area contributed by atoms with Crippen LogP contribution in [0.15, 0.2) is 58.2 Å². The van der Waals surface area contributed by atoms with Gasteiger partial charge in [-0.3, -0.25) is 14.9 Å². The Morgan fingerprint density at radius 1 is 1.19 bits per heavy atom. The third-order valence-electron chi connectivity index (χ3n) is 3.48. The summed E-state index contributed by atoms with van der Waals surface area (Å²) in [5, 5.41) is 21.5. The van der Waals surface area contributed by atoms with Gasteiger partial charge in [-0.2, -0.15) is 0 Å². The van der Waals surface area contributed by atoms with Crippen molar-refractivity contribution < 1.29 is 14.1 Å². The molecule has 3 rings (SSSR count). The zero-order valence-electron chi connectivity index (χ0n) is 13.7. The highest BCUT2D eigenvalue weighted by molar-refractivity contribution is 7.99. The SMILES string of the molecule is Cc1ccccc1NC(=O)CSc1nnc(-c2ccc([N+](=O)[O-])cc2)o1. The molecule has 1 aromatic heterocycles. The maximum absolute atomic E-state index is 12.0. The lowest BCUT2D eigenvalue weighted by atomic mass is 10.2. The van der Waals surface area contributed by atoms with E-state index in [0.29, 0.717) is 5.56 Å². The summed E-state index contributed by atoms with van der Waals surface area (Å²) >= 11 is 1.12. The molecular formula is C17H14N4O4S. The summed E-state index contributed by atoms with van der Waals surface area (Å²) in [6.07, 6.45) is 0. The lowest BCUT2D eigenvalue weighted by Crippen LogP contribution is -2.14. The number of aromatic nitrogens is 2. The fourth-order valence-corrected chi connectivity index (χ4v) is 2.70. The molecular weight excluding hydrogens is 356 g/mol. The van der Waals surface area contributed by atoms with E-state index in [9.17, 15) is 14.9 Å². The maximum Gasteiger partial charge on any atom is 0.277 e. The summed E-state index contributed by atoms with van der Waals surface area (Å²) in [5.41, 5.74) is 2.29. The Hall–Kier alpha value is -3.20. The van der Waals surface area contributed by atoms with Crippen molar-refractivity contribution in [3.05, 3.63) is 64.2 Å². The van der Waals surface area contributed by atoms with E-state index in [-0.39, 0.29) is 28.5 Å². The van der Waals surface area contributed by atoms with Gasteiger partial charge in [-0.1, -0.05) is 30.0 Å². The van der Waals surface area contributed by atoms with Crippen molar-refractivity contribution >= 4 is 29.0 Å². The third kappa shape index (κ3) is 4.25. The number of para-hydroxylation sites is 1. The number of hydrogen-bond donors (Lipinski definition) is 1. The van der Waals surface area contributed by atoms with Crippen molar-refractivity contribution in [2.24, 2.45) is 0 Å². The molecule has 0 atom stereocenters. The van der Waals surface area contributed by atoms with Crippen molar-refractivity contribution in [1.82, 2.24) is 10.2 Å². The van der Waals surface area contributed by atoms with Crippen LogP contribution in [-0.4, -0.2) is 26.8 Å². The van der Waals surface area contributed by atoms with Crippen molar-refractivity contribution in [1.29, 1.82) is 0 Å². The highest BCUT2D eigenvalue weighted by Gasteiger charge is 2.13. The van der Waals surface area contributed by atoms with Gasteiger partial charge in [-0.25, -0.2) is 0 Å². The quantitative estimate of drug-likeness (QED) is 0.400. The van der Waals surface area contributed by atoms with E-state index in [2.05, 4.69) is 15.5 Å². The maximum atomic E-state index is 12.0. The highest BCUT2D eigenvalue weighted by Crippen LogP contribution is 2.25. The second-order valence-electron chi connectivity index (χ2n) is 5.33. The van der Waals surface area contributed by atoms with Gasteiger partial charge in [-0.15, -0.1) is 10.2 Å². The molecule has 0 aliphatic heterocycles. The summed E-state index contributed by atoms with van der Waals surface area (Å²) in [6, 6.07) is 13.3. The Labute approximate surface area is 152 Å². The summed E-state index contributed by atoms with van der Waals surface area (Å²) in [4.78, 5) is 22.2. The van der Waals surface area contributed by atoms with Crippen LogP contribution in [0, 0.1) is 17.0 Å². The number of carbonyl (C=O) groups excluding carboxylic acids is 1. The number of carbonyl (C=O) groups is 1. The Balaban J connectivity index is 1.59. The molecule has 132 valence electrons. The van der Waals surface area contributed by atoms with Crippen molar-refractivity contribution in [2.75, 3.05) is 11.1 Å². The normalized spacial score (nSPS) is 10.5. The molecule has 3 aromatic rings. The Morgan fingerprint density at radius 3 is 2.62 bits per heavy atom. The molecule has 0 spiro atoms. The van der Waals surface area contributed by atoms with Gasteiger partial charge in [0.15, 0.2) is 0 Å². The molecule has 0 aliphatic carbocycles. The minimum atomic E-state index is -0.480. The first-order valence-electron chi connectivity index (χ1n) is 7.59. The van der Waals surface area contributed by atoms with Crippen molar-refractivity contribution in [3.63, 3.8) is 0 Å². The van der Waals surface area contributed by atoms with Crippen LogP contribution >= 0.6 is 11.8 Å². The number of nitrogens with zero attached hydrogens (tertiary/aromatic N) is 3. The molecule has 8 nitrogen and oxygen atoms in total. The average Bonchev–Trinajstić information content (AvgIpc) is 3.11. The number of benzene rings is 2. The molecule has 9 heteroatoms. The lowest BCUT2D eigenvalue weighted by molar-refractivity contribution is -0.384. The minimum absolute atomic E-state index is 0.0178. The van der Waals surface area contributed by atoms with Crippen LogP contribution < -0.4 is 5.32 Å². The number of anilines is 1. The first kappa shape index (κ1) is 17.6. The van der Waals surface area contributed by atoms with Gasteiger partial charge >= 0.3 is 0 Å². The average molecular weight is 370 g/mol. The van der Waals surface area contributed by atoms with E-state index in [1.54, 1.807) is 0 Å². The van der Waals surface area contributed by atoms with E-state index >= 15 is 0 Å². The van der Waals surface area contributed by atoms with Crippen LogP contribution in [0.5, 0.6) is 0 Å². The van der Waals surface area contributed by atoms with Gasteiger partial charge in [0.05, 0.1) is 10.7 Å². The lowest BCUT2D eigenvalue weighted by Gasteiger charge is -2.06. The number of aryl methyl sites for hydroxylation is 1. The molecule has 0 aliphatic rings. The van der Waals surface area contributed by atoms with Crippen LogP contribution in [0.1, 0.15) is 5.56 Å². The van der Waals surface area contributed by atoms with Gasteiger partial charge in [0.1, 0.15) is 0 Å². The van der Waals surface area contributed by atoms with Crippen LogP contribution in [0.4, 0.5) is 11.4 Å². The fourth-order valence-electron chi connectivity index (χ4n) is 2.14. The Bertz CT molecular complexity index is 940. The molecule has 2 aromatic carbocycles. The smallest absolute Gasteiger partial charge is 0.277 e. The van der Waals surface area contributed by atoms with Crippen molar-refractivity contribution in [3.8, 4) is 11.5 Å². The number of hydrogen-bond acceptors (Lipinski definition) is 7. The number of amides is 1. The highest BCUT2D eigenvalue weighted by atomic mass is 32.2. The molecule has 0 radical (unpaired) electrons. The molecule has 1 amide bonds. The molecule has 0 saturated heterocycles.